The van der Waals surface area contributed by atoms with Crippen molar-refractivity contribution in [2.45, 2.75) is 12.7 Å². The molecule has 1 fully saturated rings. The van der Waals surface area contributed by atoms with Crippen molar-refractivity contribution in [1.82, 2.24) is 4.90 Å². The number of alkyl halides is 3. The fourth-order valence-corrected chi connectivity index (χ4v) is 2.03. The van der Waals surface area contributed by atoms with Crippen LogP contribution in [-0.4, -0.2) is 29.1 Å². The second kappa shape index (κ2) is 4.61. The minimum Gasteiger partial charge on any atom is -0.481 e. The second-order valence-corrected chi connectivity index (χ2v) is 4.38. The molecule has 6 heteroatoms. The molecule has 98 valence electrons. The largest absolute Gasteiger partial charge is 0.481 e. The molecular weight excluding hydrogens is 247 g/mol. The van der Waals surface area contributed by atoms with Gasteiger partial charge in [0.2, 0.25) is 0 Å². The van der Waals surface area contributed by atoms with Crippen LogP contribution >= 0.6 is 0 Å². The third-order valence-corrected chi connectivity index (χ3v) is 3.02. The van der Waals surface area contributed by atoms with Gasteiger partial charge in [-0.2, -0.15) is 13.2 Å². The van der Waals surface area contributed by atoms with E-state index in [9.17, 15) is 18.0 Å². The van der Waals surface area contributed by atoms with E-state index >= 15 is 0 Å². The normalized spacial score (nSPS) is 17.5. The smallest absolute Gasteiger partial charge is 0.416 e. The lowest BCUT2D eigenvalue weighted by Crippen LogP contribution is -2.49. The number of aliphatic carboxylic acids is 1. The first-order valence-electron chi connectivity index (χ1n) is 5.48. The Labute approximate surface area is 102 Å². The van der Waals surface area contributed by atoms with E-state index in [0.29, 0.717) is 13.1 Å². The summed E-state index contributed by atoms with van der Waals surface area (Å²) in [4.78, 5) is 12.3. The predicted octanol–water partition coefficient (Wildman–Crippen LogP) is 2.22. The van der Waals surface area contributed by atoms with Gasteiger partial charge in [0.25, 0.3) is 0 Å². The van der Waals surface area contributed by atoms with Gasteiger partial charge in [-0.15, -0.1) is 0 Å². The van der Waals surface area contributed by atoms with E-state index < -0.39 is 23.6 Å². The average molecular weight is 259 g/mol. The third-order valence-electron chi connectivity index (χ3n) is 3.02. The third kappa shape index (κ3) is 2.64. The van der Waals surface area contributed by atoms with Crippen molar-refractivity contribution < 1.29 is 23.1 Å². The number of benzene rings is 1. The fraction of sp³-hybridized carbons (Fsp3) is 0.417. The molecule has 0 aliphatic carbocycles. The van der Waals surface area contributed by atoms with E-state index in [2.05, 4.69) is 0 Å². The van der Waals surface area contributed by atoms with Gasteiger partial charge in [0.05, 0.1) is 11.5 Å². The summed E-state index contributed by atoms with van der Waals surface area (Å²) < 4.78 is 38.1. The zero-order chi connectivity index (χ0) is 13.3. The topological polar surface area (TPSA) is 40.5 Å². The van der Waals surface area contributed by atoms with E-state index in [1.165, 1.54) is 12.1 Å². The first kappa shape index (κ1) is 12.9. The molecule has 0 atom stereocenters. The molecule has 0 aromatic heterocycles. The van der Waals surface area contributed by atoms with E-state index in [1.54, 1.807) is 11.0 Å². The van der Waals surface area contributed by atoms with Gasteiger partial charge in [-0.25, -0.2) is 0 Å². The van der Waals surface area contributed by atoms with Crippen LogP contribution in [0.25, 0.3) is 0 Å². The first-order chi connectivity index (χ1) is 8.38. The van der Waals surface area contributed by atoms with Crippen molar-refractivity contribution in [1.29, 1.82) is 0 Å². The number of likely N-dealkylation sites (tertiary alicyclic amines) is 1. The highest BCUT2D eigenvalue weighted by molar-refractivity contribution is 5.71. The number of hydrogen-bond donors (Lipinski definition) is 1. The summed E-state index contributed by atoms with van der Waals surface area (Å²) in [5.41, 5.74) is -0.461. The molecule has 1 heterocycles. The first-order valence-corrected chi connectivity index (χ1v) is 5.48. The highest BCUT2D eigenvalue weighted by Gasteiger charge is 2.36. The van der Waals surface area contributed by atoms with E-state index in [1.807, 2.05) is 0 Å². The summed E-state index contributed by atoms with van der Waals surface area (Å²) >= 11 is 0. The van der Waals surface area contributed by atoms with Gasteiger partial charge in [0.1, 0.15) is 0 Å². The molecule has 1 aliphatic heterocycles. The molecule has 0 amide bonds. The Morgan fingerprint density at radius 1 is 1.33 bits per heavy atom. The summed E-state index contributed by atoms with van der Waals surface area (Å²) in [6.07, 6.45) is -4.37. The molecule has 1 N–H and O–H groups in total. The van der Waals surface area contributed by atoms with Gasteiger partial charge in [0, 0.05) is 19.6 Å². The number of rotatable bonds is 3. The predicted molar refractivity (Wildman–Crippen MR) is 57.8 cm³/mol. The van der Waals surface area contributed by atoms with Crippen LogP contribution in [0.4, 0.5) is 13.2 Å². The number of nitrogens with zero attached hydrogens (tertiary/aromatic N) is 1. The standard InChI is InChI=1S/C12H12F3NO2/c13-12(14,15)10-4-2-1-3-8(10)5-16-6-9(7-16)11(17)18/h1-4,9H,5-7H2,(H,17,18). The van der Waals surface area contributed by atoms with Gasteiger partial charge in [-0.05, 0) is 11.6 Å². The highest BCUT2D eigenvalue weighted by Crippen LogP contribution is 2.33. The number of carboxylic acid groups (broad SMARTS) is 1. The molecule has 3 nitrogen and oxygen atoms in total. The molecule has 1 aromatic carbocycles. The molecule has 0 bridgehead atoms. The monoisotopic (exact) mass is 259 g/mol. The SMILES string of the molecule is O=C(O)C1CN(Cc2ccccc2C(F)(F)F)C1. The van der Waals surface area contributed by atoms with E-state index in [0.717, 1.165) is 6.07 Å². The lowest BCUT2D eigenvalue weighted by atomic mass is 9.98. The maximum Gasteiger partial charge on any atom is 0.416 e. The van der Waals surface area contributed by atoms with Crippen molar-refractivity contribution in [3.05, 3.63) is 35.4 Å². The van der Waals surface area contributed by atoms with Crippen molar-refractivity contribution in [2.24, 2.45) is 5.92 Å². The Hall–Kier alpha value is -1.56. The van der Waals surface area contributed by atoms with Crippen molar-refractivity contribution in [3.8, 4) is 0 Å². The number of halogens is 3. The Morgan fingerprint density at radius 2 is 1.94 bits per heavy atom. The summed E-state index contributed by atoms with van der Waals surface area (Å²) in [7, 11) is 0. The molecular formula is C12H12F3NO2. The van der Waals surface area contributed by atoms with Gasteiger partial charge in [-0.1, -0.05) is 18.2 Å². The lowest BCUT2D eigenvalue weighted by molar-refractivity contribution is -0.148. The molecule has 1 aromatic rings. The van der Waals surface area contributed by atoms with E-state index in [-0.39, 0.29) is 12.1 Å². The average Bonchev–Trinajstić information content (AvgIpc) is 2.21. The van der Waals surface area contributed by atoms with Crippen LogP contribution in [0.15, 0.2) is 24.3 Å². The molecule has 18 heavy (non-hydrogen) atoms. The maximum atomic E-state index is 12.7. The summed E-state index contributed by atoms with van der Waals surface area (Å²) in [5.74, 6) is -1.35. The van der Waals surface area contributed by atoms with Crippen LogP contribution in [0.1, 0.15) is 11.1 Å². The quantitative estimate of drug-likeness (QED) is 0.904. The summed E-state index contributed by atoms with van der Waals surface area (Å²) in [5, 5.41) is 8.69. The molecule has 0 spiro atoms. The van der Waals surface area contributed by atoms with Crippen LogP contribution in [0, 0.1) is 5.92 Å². The van der Waals surface area contributed by atoms with Crippen LogP contribution in [0.5, 0.6) is 0 Å². The van der Waals surface area contributed by atoms with Crippen LogP contribution in [-0.2, 0) is 17.5 Å². The zero-order valence-electron chi connectivity index (χ0n) is 9.44. The van der Waals surface area contributed by atoms with Crippen molar-refractivity contribution in [2.75, 3.05) is 13.1 Å². The fourth-order valence-electron chi connectivity index (χ4n) is 2.03. The Balaban J connectivity index is 2.05. The number of carbonyl (C=O) groups is 1. The number of carboxylic acids is 1. The Morgan fingerprint density at radius 3 is 2.50 bits per heavy atom. The molecule has 0 saturated carbocycles. The van der Waals surface area contributed by atoms with E-state index in [4.69, 9.17) is 5.11 Å². The van der Waals surface area contributed by atoms with Gasteiger partial charge < -0.3 is 5.11 Å². The molecule has 1 saturated heterocycles. The zero-order valence-corrected chi connectivity index (χ0v) is 9.44. The number of hydrogen-bond acceptors (Lipinski definition) is 2. The van der Waals surface area contributed by atoms with Gasteiger partial charge in [-0.3, -0.25) is 9.69 Å². The molecule has 2 rings (SSSR count). The van der Waals surface area contributed by atoms with Crippen LogP contribution in [0.2, 0.25) is 0 Å². The van der Waals surface area contributed by atoms with Crippen molar-refractivity contribution in [3.63, 3.8) is 0 Å². The summed E-state index contributed by atoms with van der Waals surface area (Å²) in [6.45, 7) is 0.752. The lowest BCUT2D eigenvalue weighted by Gasteiger charge is -2.37. The maximum absolute atomic E-state index is 12.7. The molecule has 1 aliphatic rings. The minimum atomic E-state index is -4.37. The van der Waals surface area contributed by atoms with Crippen LogP contribution in [0.3, 0.4) is 0 Å². The second-order valence-electron chi connectivity index (χ2n) is 4.38. The van der Waals surface area contributed by atoms with Crippen molar-refractivity contribution >= 4 is 5.97 Å². The summed E-state index contributed by atoms with van der Waals surface area (Å²) in [6, 6.07) is 5.38. The Kier molecular flexibility index (Phi) is 3.30. The molecule has 0 radical (unpaired) electrons. The van der Waals surface area contributed by atoms with Gasteiger partial charge in [0.15, 0.2) is 0 Å². The highest BCUT2D eigenvalue weighted by atomic mass is 19.4. The van der Waals surface area contributed by atoms with Gasteiger partial charge >= 0.3 is 12.1 Å². The minimum absolute atomic E-state index is 0.138. The molecule has 0 unspecified atom stereocenters. The van der Waals surface area contributed by atoms with Crippen LogP contribution < -0.4 is 0 Å². The Bertz CT molecular complexity index is 453.